The molecule has 1 heterocycles. The summed E-state index contributed by atoms with van der Waals surface area (Å²) < 4.78 is 1.75. The van der Waals surface area contributed by atoms with Crippen molar-refractivity contribution in [3.8, 4) is 23.6 Å². The maximum absolute atomic E-state index is 6.15. The van der Waals surface area contributed by atoms with Gasteiger partial charge in [0.1, 0.15) is 17.3 Å². The fourth-order valence-corrected chi connectivity index (χ4v) is 2.36. The van der Waals surface area contributed by atoms with Gasteiger partial charge in [-0.1, -0.05) is 35.2 Å². The number of imidazole rings is 1. The maximum atomic E-state index is 6.15. The normalized spacial score (nSPS) is 10.3. The molecular formula is C13H11Cl2N3. The fraction of sp³-hybridized carbons (Fsp3) is 0.154. The number of hydrogen-bond donors (Lipinski definition) is 1. The van der Waals surface area contributed by atoms with Gasteiger partial charge in [-0.05, 0) is 19.1 Å². The zero-order chi connectivity index (χ0) is 13.3. The molecule has 2 aromatic rings. The van der Waals surface area contributed by atoms with E-state index >= 15 is 0 Å². The molecule has 2 rings (SSSR count). The minimum Gasteiger partial charge on any atom is -0.383 e. The highest BCUT2D eigenvalue weighted by Crippen LogP contribution is 2.37. The van der Waals surface area contributed by atoms with Crippen molar-refractivity contribution in [3.63, 3.8) is 0 Å². The van der Waals surface area contributed by atoms with Gasteiger partial charge in [0.15, 0.2) is 0 Å². The lowest BCUT2D eigenvalue weighted by Gasteiger charge is -2.06. The third-order valence-electron chi connectivity index (χ3n) is 2.65. The Labute approximate surface area is 116 Å². The number of nitrogens with zero attached hydrogens (tertiary/aromatic N) is 2. The molecule has 0 bridgehead atoms. The number of hydrogen-bond acceptors (Lipinski definition) is 2. The standard InChI is InChI=1S/C13H11Cl2N3/c1-3-7-18-8(2)17-12(13(18)16)11-9(14)5-4-6-10(11)15/h1,4-6H,7,16H2,2H3. The molecule has 1 aromatic carbocycles. The summed E-state index contributed by atoms with van der Waals surface area (Å²) in [6.45, 7) is 2.20. The number of anilines is 1. The summed E-state index contributed by atoms with van der Waals surface area (Å²) in [6, 6.07) is 5.27. The first-order valence-corrected chi connectivity index (χ1v) is 6.02. The van der Waals surface area contributed by atoms with Crippen LogP contribution in [-0.2, 0) is 6.54 Å². The van der Waals surface area contributed by atoms with E-state index in [4.69, 9.17) is 35.4 Å². The third-order valence-corrected chi connectivity index (χ3v) is 3.28. The molecule has 1 aromatic heterocycles. The molecule has 0 aliphatic heterocycles. The summed E-state index contributed by atoms with van der Waals surface area (Å²) in [6.07, 6.45) is 5.30. The lowest BCUT2D eigenvalue weighted by Crippen LogP contribution is -2.03. The van der Waals surface area contributed by atoms with Crippen molar-refractivity contribution in [1.29, 1.82) is 0 Å². The van der Waals surface area contributed by atoms with Crippen LogP contribution in [0.5, 0.6) is 0 Å². The van der Waals surface area contributed by atoms with Crippen LogP contribution in [0.2, 0.25) is 10.0 Å². The van der Waals surface area contributed by atoms with Gasteiger partial charge >= 0.3 is 0 Å². The van der Waals surface area contributed by atoms with Crippen LogP contribution in [0.4, 0.5) is 5.82 Å². The number of aryl methyl sites for hydroxylation is 1. The van der Waals surface area contributed by atoms with Crippen LogP contribution >= 0.6 is 23.2 Å². The molecule has 0 unspecified atom stereocenters. The quantitative estimate of drug-likeness (QED) is 0.857. The highest BCUT2D eigenvalue weighted by molar-refractivity contribution is 6.39. The van der Waals surface area contributed by atoms with Crippen molar-refractivity contribution in [2.45, 2.75) is 13.5 Å². The van der Waals surface area contributed by atoms with E-state index in [1.54, 1.807) is 22.8 Å². The highest BCUT2D eigenvalue weighted by atomic mass is 35.5. The second kappa shape index (κ2) is 4.93. The van der Waals surface area contributed by atoms with Crippen LogP contribution < -0.4 is 5.73 Å². The maximum Gasteiger partial charge on any atom is 0.132 e. The Morgan fingerprint density at radius 1 is 1.39 bits per heavy atom. The van der Waals surface area contributed by atoms with Gasteiger partial charge in [-0.15, -0.1) is 6.42 Å². The van der Waals surface area contributed by atoms with E-state index in [-0.39, 0.29) is 0 Å². The Kier molecular flexibility index (Phi) is 3.51. The first-order valence-electron chi connectivity index (χ1n) is 5.26. The molecule has 18 heavy (non-hydrogen) atoms. The second-order valence-electron chi connectivity index (χ2n) is 3.78. The van der Waals surface area contributed by atoms with E-state index in [2.05, 4.69) is 10.9 Å². The Bertz CT molecular complexity index is 618. The molecule has 0 fully saturated rings. The van der Waals surface area contributed by atoms with Gasteiger partial charge in [0.05, 0.1) is 16.6 Å². The number of nitrogens with two attached hydrogens (primary N) is 1. The molecular weight excluding hydrogens is 269 g/mol. The number of terminal acetylenes is 1. The van der Waals surface area contributed by atoms with Crippen molar-refractivity contribution in [2.75, 3.05) is 5.73 Å². The van der Waals surface area contributed by atoms with Crippen molar-refractivity contribution < 1.29 is 0 Å². The summed E-state index contributed by atoms with van der Waals surface area (Å²) in [5, 5.41) is 1.03. The minimum atomic E-state index is 0.368. The van der Waals surface area contributed by atoms with Gasteiger partial charge in [0, 0.05) is 5.56 Å². The summed E-state index contributed by atoms with van der Waals surface area (Å²) in [7, 11) is 0. The monoisotopic (exact) mass is 279 g/mol. The number of nitrogen functional groups attached to an aromatic ring is 1. The van der Waals surface area contributed by atoms with Gasteiger partial charge < -0.3 is 10.3 Å². The molecule has 0 aliphatic carbocycles. The Balaban J connectivity index is 2.66. The molecule has 2 N–H and O–H groups in total. The molecule has 0 saturated carbocycles. The van der Waals surface area contributed by atoms with Crippen LogP contribution in [0, 0.1) is 19.3 Å². The smallest absolute Gasteiger partial charge is 0.132 e. The number of benzene rings is 1. The summed E-state index contributed by atoms with van der Waals surface area (Å²) in [5.74, 6) is 3.74. The topological polar surface area (TPSA) is 43.8 Å². The molecule has 0 aliphatic rings. The summed E-state index contributed by atoms with van der Waals surface area (Å²) in [4.78, 5) is 4.39. The fourth-order valence-electron chi connectivity index (χ4n) is 1.78. The van der Waals surface area contributed by atoms with E-state index in [0.717, 1.165) is 5.82 Å². The minimum absolute atomic E-state index is 0.368. The average molecular weight is 280 g/mol. The molecule has 0 saturated heterocycles. The molecule has 3 nitrogen and oxygen atoms in total. The first kappa shape index (κ1) is 12.8. The van der Waals surface area contributed by atoms with Crippen LogP contribution in [0.15, 0.2) is 18.2 Å². The van der Waals surface area contributed by atoms with E-state index < -0.39 is 0 Å². The predicted molar refractivity (Wildman–Crippen MR) is 75.7 cm³/mol. The number of halogens is 2. The van der Waals surface area contributed by atoms with Crippen molar-refractivity contribution in [2.24, 2.45) is 0 Å². The van der Waals surface area contributed by atoms with Crippen LogP contribution in [0.1, 0.15) is 5.82 Å². The summed E-state index contributed by atoms with van der Waals surface area (Å²) in [5.41, 5.74) is 7.25. The Hall–Kier alpha value is -1.63. The SMILES string of the molecule is C#CCn1c(C)nc(-c2c(Cl)cccc2Cl)c1N. The van der Waals surface area contributed by atoms with E-state index in [0.29, 0.717) is 33.7 Å². The van der Waals surface area contributed by atoms with Crippen molar-refractivity contribution in [1.82, 2.24) is 9.55 Å². The first-order chi connectivity index (χ1) is 8.56. The second-order valence-corrected chi connectivity index (χ2v) is 4.59. The largest absolute Gasteiger partial charge is 0.383 e. The van der Waals surface area contributed by atoms with E-state index in [1.807, 2.05) is 6.92 Å². The van der Waals surface area contributed by atoms with E-state index in [9.17, 15) is 0 Å². The molecule has 0 atom stereocenters. The summed E-state index contributed by atoms with van der Waals surface area (Å²) >= 11 is 12.3. The number of rotatable bonds is 2. The highest BCUT2D eigenvalue weighted by Gasteiger charge is 2.17. The van der Waals surface area contributed by atoms with Gasteiger partial charge in [-0.3, -0.25) is 0 Å². The van der Waals surface area contributed by atoms with Crippen LogP contribution in [0.3, 0.4) is 0 Å². The number of aromatic nitrogens is 2. The predicted octanol–water partition coefficient (Wildman–Crippen LogP) is 3.38. The molecule has 0 radical (unpaired) electrons. The van der Waals surface area contributed by atoms with Crippen molar-refractivity contribution >= 4 is 29.0 Å². The lowest BCUT2D eigenvalue weighted by atomic mass is 10.1. The van der Waals surface area contributed by atoms with Crippen LogP contribution in [-0.4, -0.2) is 9.55 Å². The lowest BCUT2D eigenvalue weighted by molar-refractivity contribution is 0.807. The molecule has 0 spiro atoms. The van der Waals surface area contributed by atoms with Gasteiger partial charge in [0.2, 0.25) is 0 Å². The van der Waals surface area contributed by atoms with Gasteiger partial charge in [-0.25, -0.2) is 4.98 Å². The Morgan fingerprint density at radius 2 is 2.00 bits per heavy atom. The van der Waals surface area contributed by atoms with Gasteiger partial charge in [0.25, 0.3) is 0 Å². The van der Waals surface area contributed by atoms with Crippen molar-refractivity contribution in [3.05, 3.63) is 34.1 Å². The molecule has 5 heteroatoms. The zero-order valence-electron chi connectivity index (χ0n) is 9.74. The van der Waals surface area contributed by atoms with Crippen LogP contribution in [0.25, 0.3) is 11.3 Å². The third kappa shape index (κ3) is 2.05. The van der Waals surface area contributed by atoms with Gasteiger partial charge in [-0.2, -0.15) is 0 Å². The zero-order valence-corrected chi connectivity index (χ0v) is 11.3. The average Bonchev–Trinajstić information content (AvgIpc) is 2.58. The molecule has 0 amide bonds. The van der Waals surface area contributed by atoms with E-state index in [1.165, 1.54) is 0 Å². The molecule has 92 valence electrons. The Morgan fingerprint density at radius 3 is 2.56 bits per heavy atom.